The molecule has 5 aliphatic rings. The molecular weight excluding hydrogens is 837 g/mol. The number of aliphatic imine (C=N–C) groups is 1. The Morgan fingerprint density at radius 2 is 1.22 bits per heavy atom. The number of nitro benzene ring substituents is 1. The first kappa shape index (κ1) is 44.7. The molecule has 0 amide bonds. The van der Waals surface area contributed by atoms with Crippen LogP contribution in [0.15, 0.2) is 127 Å². The molecule has 13 heteroatoms. The van der Waals surface area contributed by atoms with Crippen molar-refractivity contribution in [2.24, 2.45) is 4.99 Å². The number of likely N-dealkylation sites (N-methyl/N-ethyl adjacent to an activating group) is 2. The number of fused-ring (bicyclic) bond motifs is 3. The molecule has 2 fully saturated rings. The van der Waals surface area contributed by atoms with Gasteiger partial charge in [-0.1, -0.05) is 48.6 Å². The summed E-state index contributed by atoms with van der Waals surface area (Å²) < 4.78 is 4.66. The predicted molar refractivity (Wildman–Crippen MR) is 272 cm³/mol. The van der Waals surface area contributed by atoms with Crippen LogP contribution in [0.5, 0.6) is 0 Å². The van der Waals surface area contributed by atoms with Gasteiger partial charge in [0.15, 0.2) is 0 Å². The monoisotopic (exact) mass is 892 g/mol. The Morgan fingerprint density at radius 1 is 0.657 bits per heavy atom. The minimum atomic E-state index is -0.424. The lowest BCUT2D eigenvalue weighted by Gasteiger charge is -2.34. The van der Waals surface area contributed by atoms with E-state index in [1.807, 2.05) is 36.5 Å². The van der Waals surface area contributed by atoms with E-state index >= 15 is 0 Å². The van der Waals surface area contributed by atoms with Crippen molar-refractivity contribution in [2.45, 2.75) is 19.3 Å². The number of nitro groups is 1. The average Bonchev–Trinajstić information content (AvgIpc) is 4.12. The summed E-state index contributed by atoms with van der Waals surface area (Å²) in [5.74, 6) is 0.0978. The molecule has 67 heavy (non-hydrogen) atoms. The molecule has 0 saturated carbocycles. The van der Waals surface area contributed by atoms with Gasteiger partial charge in [0.05, 0.1) is 29.1 Å². The zero-order valence-electron chi connectivity index (χ0n) is 38.4. The molecule has 4 aromatic carbocycles. The van der Waals surface area contributed by atoms with Crippen molar-refractivity contribution in [2.75, 3.05) is 89.1 Å². The van der Waals surface area contributed by atoms with Gasteiger partial charge in [-0.3, -0.25) is 30.5 Å². The molecule has 0 atom stereocenters. The Kier molecular flexibility index (Phi) is 13.3. The van der Waals surface area contributed by atoms with E-state index < -0.39 is 4.92 Å². The first-order valence-corrected chi connectivity index (χ1v) is 22.8. The van der Waals surface area contributed by atoms with E-state index in [0.29, 0.717) is 5.69 Å². The molecule has 5 heterocycles. The first-order chi connectivity index (χ1) is 32.6. The molecule has 0 radical (unpaired) electrons. The highest BCUT2D eigenvalue weighted by molar-refractivity contribution is 6.05. The first-order valence-electron chi connectivity index (χ1n) is 22.8. The van der Waals surface area contributed by atoms with Crippen molar-refractivity contribution in [1.82, 2.24) is 19.8 Å². The van der Waals surface area contributed by atoms with Gasteiger partial charge in [0.1, 0.15) is 11.4 Å². The van der Waals surface area contributed by atoms with E-state index in [4.69, 9.17) is 16.1 Å². The second kappa shape index (κ2) is 19.9. The van der Waals surface area contributed by atoms with Crippen LogP contribution >= 0.6 is 0 Å². The summed E-state index contributed by atoms with van der Waals surface area (Å²) >= 11 is 0. The van der Waals surface area contributed by atoms with Crippen molar-refractivity contribution in [3.63, 3.8) is 0 Å². The molecule has 340 valence electrons. The van der Waals surface area contributed by atoms with Crippen LogP contribution in [-0.4, -0.2) is 110 Å². The third-order valence-electron chi connectivity index (χ3n) is 13.1. The summed E-state index contributed by atoms with van der Waals surface area (Å²) in [4.78, 5) is 33.6. The fraction of sp³-hybridized carbons (Fsp3) is 0.259. The molecule has 2 aliphatic carbocycles. The number of piperazine rings is 2. The van der Waals surface area contributed by atoms with E-state index in [2.05, 4.69) is 115 Å². The number of nitrogens with one attached hydrogen (secondary N) is 1. The van der Waals surface area contributed by atoms with Crippen molar-refractivity contribution in [1.29, 1.82) is 5.41 Å². The van der Waals surface area contributed by atoms with E-state index in [1.165, 1.54) is 57.4 Å². The van der Waals surface area contributed by atoms with E-state index in [-0.39, 0.29) is 17.3 Å². The van der Waals surface area contributed by atoms with Gasteiger partial charge >= 0.3 is 0 Å². The lowest BCUT2D eigenvalue weighted by Crippen LogP contribution is -2.44. The van der Waals surface area contributed by atoms with Gasteiger partial charge in [-0.2, -0.15) is 0 Å². The summed E-state index contributed by atoms with van der Waals surface area (Å²) in [5, 5.41) is 18.3. The average molecular weight is 893 g/mol. The van der Waals surface area contributed by atoms with Crippen LogP contribution in [0, 0.1) is 15.5 Å². The maximum atomic E-state index is 11.1. The van der Waals surface area contributed by atoms with E-state index in [0.717, 1.165) is 99.9 Å². The number of nitrogens with two attached hydrogens (primary N) is 1. The Morgan fingerprint density at radius 3 is 1.76 bits per heavy atom. The zero-order valence-corrected chi connectivity index (χ0v) is 38.4. The lowest BCUT2D eigenvalue weighted by molar-refractivity contribution is -0.383. The largest absolute Gasteiger partial charge is 0.480 e. The molecular formula is C54H56N10O3. The number of nitrogen functional groups attached to an aromatic ring is 1. The van der Waals surface area contributed by atoms with Crippen LogP contribution in [-0.2, 0) is 24.0 Å². The Hall–Kier alpha value is -7.48. The topological polar surface area (TPSA) is 153 Å². The number of allylic oxidation sites excluding steroid dienone is 2. The number of rotatable bonds is 7. The highest BCUT2D eigenvalue weighted by atomic mass is 16.6. The minimum absolute atomic E-state index is 0.0301. The number of methoxy groups -OCH3 is 1. The number of aromatic nitrogens is 2. The minimum Gasteiger partial charge on any atom is -0.480 e. The number of nitrogens with zero attached hydrogens (tertiary/aromatic N) is 8. The van der Waals surface area contributed by atoms with Crippen molar-refractivity contribution in [3.8, 4) is 0 Å². The smallest absolute Gasteiger partial charge is 0.292 e. The van der Waals surface area contributed by atoms with Gasteiger partial charge in [-0.25, -0.2) is 0 Å². The number of hydrogen-bond donors (Lipinski definition) is 2. The van der Waals surface area contributed by atoms with Gasteiger partial charge in [0.2, 0.25) is 5.90 Å². The van der Waals surface area contributed by atoms with Gasteiger partial charge in [0.25, 0.3) is 5.69 Å². The zero-order chi connectivity index (χ0) is 46.4. The van der Waals surface area contributed by atoms with Gasteiger partial charge in [0, 0.05) is 88.6 Å². The maximum absolute atomic E-state index is 11.1. The van der Waals surface area contributed by atoms with Crippen LogP contribution in [0.4, 0.5) is 28.4 Å². The van der Waals surface area contributed by atoms with Crippen molar-refractivity contribution in [3.05, 3.63) is 182 Å². The molecule has 2 aromatic heterocycles. The normalized spacial score (nSPS) is 16.3. The second-order valence-corrected chi connectivity index (χ2v) is 17.6. The molecule has 13 nitrogen and oxygen atoms in total. The summed E-state index contributed by atoms with van der Waals surface area (Å²) in [6.45, 7) is 8.74. The number of benzene rings is 4. The predicted octanol–water partition coefficient (Wildman–Crippen LogP) is 8.69. The SMILES string of the molecule is CN1CCN(c2ccc3c(c2)CC(c2ccc(N)c([N+](=O)[O-])c2)=C3)CC1.CN1CCN(c2ccc3c(c2)CC(c2ccc4c(c2)CC(c2ccccn2)=N4)=C3)CC1.COC(=N)c1ccccn1. The fourth-order valence-electron chi connectivity index (χ4n) is 9.14. The highest BCUT2D eigenvalue weighted by Gasteiger charge is 2.23. The number of anilines is 3. The van der Waals surface area contributed by atoms with Crippen molar-refractivity contribution < 1.29 is 9.66 Å². The fourth-order valence-corrected chi connectivity index (χ4v) is 9.14. The molecule has 11 rings (SSSR count). The van der Waals surface area contributed by atoms with Crippen LogP contribution < -0.4 is 15.5 Å². The van der Waals surface area contributed by atoms with Crippen LogP contribution in [0.25, 0.3) is 23.3 Å². The van der Waals surface area contributed by atoms with Crippen LogP contribution in [0.2, 0.25) is 0 Å². The van der Waals surface area contributed by atoms with Crippen LogP contribution in [0.3, 0.4) is 0 Å². The number of ether oxygens (including phenoxy) is 1. The van der Waals surface area contributed by atoms with Crippen LogP contribution in [0.1, 0.15) is 50.3 Å². The number of hydrogen-bond acceptors (Lipinski definition) is 12. The Balaban J connectivity index is 0.000000141. The summed E-state index contributed by atoms with van der Waals surface area (Å²) in [7, 11) is 5.82. The van der Waals surface area contributed by atoms with Crippen molar-refractivity contribution >= 4 is 63.3 Å². The van der Waals surface area contributed by atoms with E-state index in [9.17, 15) is 10.1 Å². The third-order valence-corrected chi connectivity index (χ3v) is 13.1. The summed E-state index contributed by atoms with van der Waals surface area (Å²) in [6.07, 6.45) is 10.6. The molecule has 0 spiro atoms. The third kappa shape index (κ3) is 10.3. The standard InChI is InChI=1S/C27H26N4.C20H22N4O2.C7H8N2O/c1-30-10-12-31(13-11-30)24-7-5-19-14-21(16-22(19)17-24)20-6-8-25-23(15-20)18-27(29-25)26-4-2-3-9-28-26;1-22-6-8-23(9-7-22)18-4-2-14-10-16(11-17(14)12-18)15-3-5-19(21)20(13-15)24(25)26;1-10-7(8)6-4-2-3-5-9-6/h2-9,14-15,17H,10-13,16,18H2,1H3;2-5,10,12-13H,6-9,11,21H2,1H3;2-5,8H,1H3. The Labute approximate surface area is 392 Å². The molecule has 3 N–H and O–H groups in total. The molecule has 0 bridgehead atoms. The molecule has 2 saturated heterocycles. The highest BCUT2D eigenvalue weighted by Crippen LogP contribution is 2.39. The molecule has 6 aromatic rings. The van der Waals surface area contributed by atoms with Gasteiger partial charge in [-0.05, 0) is 144 Å². The quantitative estimate of drug-likeness (QED) is 0.0524. The molecule has 0 unspecified atom stereocenters. The van der Waals surface area contributed by atoms with Gasteiger partial charge in [-0.15, -0.1) is 0 Å². The maximum Gasteiger partial charge on any atom is 0.292 e. The van der Waals surface area contributed by atoms with E-state index in [1.54, 1.807) is 30.5 Å². The lowest BCUT2D eigenvalue weighted by atomic mass is 9.99. The Bertz CT molecular complexity index is 2880. The van der Waals surface area contributed by atoms with Gasteiger partial charge < -0.3 is 30.1 Å². The molecule has 3 aliphatic heterocycles. The number of pyridine rings is 2. The summed E-state index contributed by atoms with van der Waals surface area (Å²) in [5.41, 5.74) is 23.4. The second-order valence-electron chi connectivity index (χ2n) is 17.6. The summed E-state index contributed by atoms with van der Waals surface area (Å²) in [6, 6.07) is 36.7.